The summed E-state index contributed by atoms with van der Waals surface area (Å²) in [6.07, 6.45) is 5.91. The first-order valence-corrected chi connectivity index (χ1v) is 6.96. The number of carboxylic acid groups (broad SMARTS) is 1. The number of rotatable bonds is 3. The van der Waals surface area contributed by atoms with E-state index in [9.17, 15) is 19.5 Å². The maximum absolute atomic E-state index is 12.6. The molecule has 2 amide bonds. The number of amides is 2. The van der Waals surface area contributed by atoms with Gasteiger partial charge in [-0.15, -0.1) is 0 Å². The van der Waals surface area contributed by atoms with Gasteiger partial charge in [0, 0.05) is 13.6 Å². The average Bonchev–Trinajstić information content (AvgIpc) is 2.95. The van der Waals surface area contributed by atoms with E-state index in [0.29, 0.717) is 25.8 Å². The number of hydrogen-bond acceptors (Lipinski definition) is 3. The number of likely N-dealkylation sites (N-methyl/N-ethyl adjacent to an activating group) is 1. The zero-order valence-corrected chi connectivity index (χ0v) is 11.5. The van der Waals surface area contributed by atoms with Crippen LogP contribution < -0.4 is 5.32 Å². The zero-order chi connectivity index (χ0) is 14.7. The van der Waals surface area contributed by atoms with E-state index < -0.39 is 23.8 Å². The van der Waals surface area contributed by atoms with Gasteiger partial charge in [-0.3, -0.25) is 14.4 Å². The van der Waals surface area contributed by atoms with Crippen LogP contribution in [0.5, 0.6) is 0 Å². The van der Waals surface area contributed by atoms with Gasteiger partial charge < -0.3 is 15.3 Å². The van der Waals surface area contributed by atoms with Crippen LogP contribution in [0, 0.1) is 11.8 Å². The quantitative estimate of drug-likeness (QED) is 0.732. The Morgan fingerprint density at radius 2 is 1.85 bits per heavy atom. The van der Waals surface area contributed by atoms with Crippen molar-refractivity contribution in [3.8, 4) is 0 Å². The summed E-state index contributed by atoms with van der Waals surface area (Å²) in [5, 5.41) is 11.8. The SMILES string of the molecule is CNC(=O)C1CCCN1C(=O)[C@@H]1CC=CC[C@@H]1C(=O)O. The molecule has 1 unspecified atom stereocenters. The third-order valence-electron chi connectivity index (χ3n) is 4.15. The molecule has 2 aliphatic rings. The third kappa shape index (κ3) is 2.69. The van der Waals surface area contributed by atoms with Gasteiger partial charge in [-0.2, -0.15) is 0 Å². The van der Waals surface area contributed by atoms with Crippen LogP contribution in [-0.4, -0.2) is 47.4 Å². The molecule has 1 heterocycles. The Balaban J connectivity index is 2.15. The lowest BCUT2D eigenvalue weighted by molar-refractivity contribution is -0.151. The van der Waals surface area contributed by atoms with Crippen LogP contribution in [0.25, 0.3) is 0 Å². The molecule has 6 nitrogen and oxygen atoms in total. The summed E-state index contributed by atoms with van der Waals surface area (Å²) in [7, 11) is 1.55. The minimum Gasteiger partial charge on any atom is -0.481 e. The summed E-state index contributed by atoms with van der Waals surface area (Å²) < 4.78 is 0. The fourth-order valence-corrected chi connectivity index (χ4v) is 3.04. The minimum atomic E-state index is -0.941. The number of aliphatic carboxylic acids is 1. The second-order valence-corrected chi connectivity index (χ2v) is 5.30. The topological polar surface area (TPSA) is 86.7 Å². The van der Waals surface area contributed by atoms with E-state index in [1.165, 1.54) is 0 Å². The highest BCUT2D eigenvalue weighted by Gasteiger charge is 2.41. The Labute approximate surface area is 117 Å². The van der Waals surface area contributed by atoms with Crippen LogP contribution in [0.1, 0.15) is 25.7 Å². The molecular weight excluding hydrogens is 260 g/mol. The normalized spacial score (nSPS) is 29.2. The molecule has 2 N–H and O–H groups in total. The first kappa shape index (κ1) is 14.6. The molecule has 0 spiro atoms. The number of likely N-dealkylation sites (tertiary alicyclic amines) is 1. The van der Waals surface area contributed by atoms with Gasteiger partial charge in [0.2, 0.25) is 11.8 Å². The number of carboxylic acids is 1. The molecule has 0 radical (unpaired) electrons. The summed E-state index contributed by atoms with van der Waals surface area (Å²) in [6, 6.07) is -0.451. The molecule has 0 bridgehead atoms. The van der Waals surface area contributed by atoms with Crippen LogP contribution >= 0.6 is 0 Å². The highest BCUT2D eigenvalue weighted by molar-refractivity contribution is 5.91. The first-order valence-electron chi connectivity index (χ1n) is 6.96. The molecule has 1 fully saturated rings. The van der Waals surface area contributed by atoms with Crippen molar-refractivity contribution in [2.45, 2.75) is 31.7 Å². The van der Waals surface area contributed by atoms with Gasteiger partial charge in [0.1, 0.15) is 6.04 Å². The Bertz CT molecular complexity index is 446. The number of carbonyl (C=O) groups is 3. The lowest BCUT2D eigenvalue weighted by Crippen LogP contribution is -2.49. The molecule has 20 heavy (non-hydrogen) atoms. The van der Waals surface area contributed by atoms with E-state index in [1.807, 2.05) is 12.2 Å². The van der Waals surface area contributed by atoms with Crippen LogP contribution in [0.2, 0.25) is 0 Å². The lowest BCUT2D eigenvalue weighted by Gasteiger charge is -2.31. The molecule has 2 rings (SSSR count). The van der Waals surface area contributed by atoms with Crippen molar-refractivity contribution in [3.05, 3.63) is 12.2 Å². The van der Waals surface area contributed by atoms with Gasteiger partial charge in [-0.05, 0) is 25.7 Å². The maximum Gasteiger partial charge on any atom is 0.307 e. The molecule has 3 atom stereocenters. The van der Waals surface area contributed by atoms with Crippen molar-refractivity contribution in [3.63, 3.8) is 0 Å². The zero-order valence-electron chi connectivity index (χ0n) is 11.5. The van der Waals surface area contributed by atoms with Crippen LogP contribution in [0.15, 0.2) is 12.2 Å². The van der Waals surface area contributed by atoms with Crippen LogP contribution in [-0.2, 0) is 14.4 Å². The van der Waals surface area contributed by atoms with Gasteiger partial charge in [0.25, 0.3) is 0 Å². The number of hydrogen-bond donors (Lipinski definition) is 2. The van der Waals surface area contributed by atoms with Crippen LogP contribution in [0.3, 0.4) is 0 Å². The molecular formula is C14H20N2O4. The molecule has 0 aromatic carbocycles. The second-order valence-electron chi connectivity index (χ2n) is 5.30. The standard InChI is InChI=1S/C14H20N2O4/c1-15-12(17)11-7-4-8-16(11)13(18)9-5-2-3-6-10(9)14(19)20/h2-3,9-11H,4-8H2,1H3,(H,15,17)(H,19,20)/t9-,10+,11?/m1/s1. The lowest BCUT2D eigenvalue weighted by atomic mass is 9.82. The monoisotopic (exact) mass is 280 g/mol. The minimum absolute atomic E-state index is 0.172. The highest BCUT2D eigenvalue weighted by Crippen LogP contribution is 2.30. The van der Waals surface area contributed by atoms with Crippen molar-refractivity contribution in [2.75, 3.05) is 13.6 Å². The summed E-state index contributed by atoms with van der Waals surface area (Å²) in [5.74, 6) is -2.55. The van der Waals surface area contributed by atoms with Gasteiger partial charge >= 0.3 is 5.97 Å². The number of nitrogens with one attached hydrogen (secondary N) is 1. The van der Waals surface area contributed by atoms with Crippen molar-refractivity contribution in [2.24, 2.45) is 11.8 Å². The van der Waals surface area contributed by atoms with E-state index >= 15 is 0 Å². The summed E-state index contributed by atoms with van der Waals surface area (Å²) >= 11 is 0. The van der Waals surface area contributed by atoms with Gasteiger partial charge in [-0.1, -0.05) is 12.2 Å². The molecule has 0 aromatic rings. The van der Waals surface area contributed by atoms with Gasteiger partial charge in [-0.25, -0.2) is 0 Å². The number of allylic oxidation sites excluding steroid dienone is 2. The Hall–Kier alpha value is -1.85. The summed E-state index contributed by atoms with van der Waals surface area (Å²) in [6.45, 7) is 0.531. The van der Waals surface area contributed by atoms with Crippen molar-refractivity contribution in [1.82, 2.24) is 10.2 Å². The van der Waals surface area contributed by atoms with E-state index in [0.717, 1.165) is 6.42 Å². The van der Waals surface area contributed by atoms with E-state index in [-0.39, 0.29) is 11.8 Å². The fraction of sp³-hybridized carbons (Fsp3) is 0.643. The number of nitrogens with zero attached hydrogens (tertiary/aromatic N) is 1. The fourth-order valence-electron chi connectivity index (χ4n) is 3.04. The number of carbonyl (C=O) groups excluding carboxylic acids is 2. The molecule has 0 saturated carbocycles. The summed E-state index contributed by atoms with van der Waals surface area (Å²) in [4.78, 5) is 37.2. The predicted molar refractivity (Wildman–Crippen MR) is 71.8 cm³/mol. The van der Waals surface area contributed by atoms with Crippen molar-refractivity contribution < 1.29 is 19.5 Å². The summed E-state index contributed by atoms with van der Waals surface area (Å²) in [5.41, 5.74) is 0. The Kier molecular flexibility index (Phi) is 4.42. The van der Waals surface area contributed by atoms with Crippen molar-refractivity contribution >= 4 is 17.8 Å². The van der Waals surface area contributed by atoms with E-state index in [4.69, 9.17) is 0 Å². The second kappa shape index (κ2) is 6.07. The molecule has 0 aromatic heterocycles. The van der Waals surface area contributed by atoms with Crippen LogP contribution in [0.4, 0.5) is 0 Å². The smallest absolute Gasteiger partial charge is 0.307 e. The highest BCUT2D eigenvalue weighted by atomic mass is 16.4. The molecule has 1 aliphatic heterocycles. The maximum atomic E-state index is 12.6. The third-order valence-corrected chi connectivity index (χ3v) is 4.15. The average molecular weight is 280 g/mol. The van der Waals surface area contributed by atoms with Gasteiger partial charge in [0.05, 0.1) is 11.8 Å². The molecule has 1 saturated heterocycles. The predicted octanol–water partition coefficient (Wildman–Crippen LogP) is 0.390. The first-order chi connectivity index (χ1) is 9.56. The van der Waals surface area contributed by atoms with E-state index in [1.54, 1.807) is 11.9 Å². The Morgan fingerprint density at radius 1 is 1.20 bits per heavy atom. The van der Waals surface area contributed by atoms with E-state index in [2.05, 4.69) is 5.32 Å². The molecule has 1 aliphatic carbocycles. The Morgan fingerprint density at radius 3 is 2.45 bits per heavy atom. The molecule has 6 heteroatoms. The van der Waals surface area contributed by atoms with Crippen molar-refractivity contribution in [1.29, 1.82) is 0 Å². The molecule has 110 valence electrons. The largest absolute Gasteiger partial charge is 0.481 e. The van der Waals surface area contributed by atoms with Gasteiger partial charge in [0.15, 0.2) is 0 Å².